The van der Waals surface area contributed by atoms with Crippen LogP contribution in [0.2, 0.25) is 0 Å². The van der Waals surface area contributed by atoms with Crippen LogP contribution in [-0.4, -0.2) is 0 Å². The SMILES string of the molecule is c1ccc(-c2ccc(N(c3ccc(-c4cccc5c4sc4ccccc45)cc3)c3cc4ccccc4c4ccc5ccccc5c34)cc2)cc1. The molecule has 0 fully saturated rings. The van der Waals surface area contributed by atoms with Crippen LogP contribution in [0.25, 0.3) is 74.7 Å². The van der Waals surface area contributed by atoms with Crippen molar-refractivity contribution in [1.29, 1.82) is 0 Å². The smallest absolute Gasteiger partial charge is 0.0552 e. The summed E-state index contributed by atoms with van der Waals surface area (Å²) < 4.78 is 2.66. The van der Waals surface area contributed by atoms with Crippen molar-refractivity contribution in [3.63, 3.8) is 0 Å². The van der Waals surface area contributed by atoms with E-state index in [4.69, 9.17) is 0 Å². The van der Waals surface area contributed by atoms with Crippen molar-refractivity contribution >= 4 is 80.9 Å². The Morgan fingerprint density at radius 3 is 1.74 bits per heavy atom. The summed E-state index contributed by atoms with van der Waals surface area (Å²) in [6.07, 6.45) is 0. The van der Waals surface area contributed by atoms with Gasteiger partial charge < -0.3 is 4.90 Å². The van der Waals surface area contributed by atoms with Gasteiger partial charge in [0.1, 0.15) is 0 Å². The summed E-state index contributed by atoms with van der Waals surface area (Å²) in [5, 5.41) is 10.1. The molecule has 1 aromatic heterocycles. The van der Waals surface area contributed by atoms with Gasteiger partial charge in [0, 0.05) is 36.9 Å². The molecule has 0 N–H and O–H groups in total. The van der Waals surface area contributed by atoms with Crippen molar-refractivity contribution in [1.82, 2.24) is 0 Å². The molecule has 0 aliphatic rings. The van der Waals surface area contributed by atoms with Crippen LogP contribution in [0.5, 0.6) is 0 Å². The van der Waals surface area contributed by atoms with Gasteiger partial charge in [0.15, 0.2) is 0 Å². The number of benzene rings is 9. The number of anilines is 3. The Morgan fingerprint density at radius 2 is 0.960 bits per heavy atom. The number of hydrogen-bond acceptors (Lipinski definition) is 2. The standard InChI is InChI=1S/C48H31NS/c1-2-11-32(12-3-1)33-21-26-37(27-22-33)49(45-31-36-14-5-6-15-39(36)43-30-25-34-13-4-7-16-40(34)47(43)45)38-28-23-35(24-29-38)41-18-10-19-44-42-17-8-9-20-46(42)50-48(41)44/h1-31H. The Morgan fingerprint density at radius 1 is 0.360 bits per heavy atom. The molecule has 0 spiro atoms. The maximum absolute atomic E-state index is 2.44. The molecule has 1 nitrogen and oxygen atoms in total. The van der Waals surface area contributed by atoms with Gasteiger partial charge in [-0.2, -0.15) is 0 Å². The molecule has 2 heteroatoms. The van der Waals surface area contributed by atoms with E-state index in [0.717, 1.165) is 11.4 Å². The summed E-state index contributed by atoms with van der Waals surface area (Å²) in [7, 11) is 0. The fraction of sp³-hybridized carbons (Fsp3) is 0. The summed E-state index contributed by atoms with van der Waals surface area (Å²) in [6, 6.07) is 68.7. The topological polar surface area (TPSA) is 3.24 Å². The normalized spacial score (nSPS) is 11.6. The van der Waals surface area contributed by atoms with Crippen LogP contribution in [0.1, 0.15) is 0 Å². The van der Waals surface area contributed by atoms with Crippen LogP contribution in [-0.2, 0) is 0 Å². The molecule has 1 heterocycles. The summed E-state index contributed by atoms with van der Waals surface area (Å²) >= 11 is 1.88. The minimum Gasteiger partial charge on any atom is -0.310 e. The van der Waals surface area contributed by atoms with Gasteiger partial charge in [0.05, 0.1) is 5.69 Å². The number of fused-ring (bicyclic) bond motifs is 8. The van der Waals surface area contributed by atoms with Gasteiger partial charge in [-0.3, -0.25) is 0 Å². The van der Waals surface area contributed by atoms with E-state index in [9.17, 15) is 0 Å². The molecule has 0 aliphatic carbocycles. The summed E-state index contributed by atoms with van der Waals surface area (Å²) in [5.41, 5.74) is 8.32. The maximum atomic E-state index is 2.44. The van der Waals surface area contributed by atoms with Crippen molar-refractivity contribution < 1.29 is 0 Å². The second-order valence-corrected chi connectivity index (χ2v) is 14.0. The molecule has 0 bridgehead atoms. The lowest BCUT2D eigenvalue weighted by molar-refractivity contribution is 1.30. The van der Waals surface area contributed by atoms with Crippen LogP contribution in [0.4, 0.5) is 17.1 Å². The van der Waals surface area contributed by atoms with Gasteiger partial charge in [-0.15, -0.1) is 11.3 Å². The van der Waals surface area contributed by atoms with Crippen LogP contribution >= 0.6 is 11.3 Å². The fourth-order valence-electron chi connectivity index (χ4n) is 7.66. The highest BCUT2D eigenvalue weighted by atomic mass is 32.1. The molecule has 0 radical (unpaired) electrons. The van der Waals surface area contributed by atoms with Crippen molar-refractivity contribution in [3.05, 3.63) is 188 Å². The lowest BCUT2D eigenvalue weighted by Gasteiger charge is -2.28. The summed E-state index contributed by atoms with van der Waals surface area (Å²) in [6.45, 7) is 0. The molecule has 0 atom stereocenters. The van der Waals surface area contributed by atoms with E-state index < -0.39 is 0 Å². The summed E-state index contributed by atoms with van der Waals surface area (Å²) in [4.78, 5) is 2.44. The molecular formula is C48H31NS. The molecular weight excluding hydrogens is 623 g/mol. The first-order valence-corrected chi connectivity index (χ1v) is 17.9. The highest BCUT2D eigenvalue weighted by Crippen LogP contribution is 2.46. The summed E-state index contributed by atoms with van der Waals surface area (Å²) in [5.74, 6) is 0. The third-order valence-corrected chi connectivity index (χ3v) is 11.3. The van der Waals surface area contributed by atoms with E-state index in [1.807, 2.05) is 11.3 Å². The zero-order valence-corrected chi connectivity index (χ0v) is 28.1. The van der Waals surface area contributed by atoms with Gasteiger partial charge in [-0.05, 0) is 85.6 Å². The van der Waals surface area contributed by atoms with Crippen LogP contribution < -0.4 is 4.90 Å². The molecule has 0 saturated heterocycles. The monoisotopic (exact) mass is 653 g/mol. The molecule has 50 heavy (non-hydrogen) atoms. The number of thiophene rings is 1. The van der Waals surface area contributed by atoms with Gasteiger partial charge in [-0.1, -0.05) is 152 Å². The molecule has 0 amide bonds. The molecule has 0 unspecified atom stereocenters. The Balaban J connectivity index is 1.20. The highest BCUT2D eigenvalue weighted by molar-refractivity contribution is 7.26. The number of hydrogen-bond donors (Lipinski definition) is 0. The van der Waals surface area contributed by atoms with Crippen molar-refractivity contribution in [2.45, 2.75) is 0 Å². The van der Waals surface area contributed by atoms with Crippen molar-refractivity contribution in [2.75, 3.05) is 4.90 Å². The van der Waals surface area contributed by atoms with E-state index in [-0.39, 0.29) is 0 Å². The minimum absolute atomic E-state index is 1.12. The third kappa shape index (κ3) is 4.69. The average molecular weight is 654 g/mol. The quantitative estimate of drug-likeness (QED) is 0.167. The van der Waals surface area contributed by atoms with E-state index in [1.54, 1.807) is 0 Å². The van der Waals surface area contributed by atoms with Gasteiger partial charge in [0.25, 0.3) is 0 Å². The van der Waals surface area contributed by atoms with Crippen molar-refractivity contribution in [2.24, 2.45) is 0 Å². The molecule has 9 aromatic carbocycles. The van der Waals surface area contributed by atoms with Crippen LogP contribution in [0.15, 0.2) is 188 Å². The van der Waals surface area contributed by atoms with Gasteiger partial charge in [-0.25, -0.2) is 0 Å². The van der Waals surface area contributed by atoms with E-state index in [1.165, 1.54) is 80.4 Å². The first kappa shape index (κ1) is 28.8. The lowest BCUT2D eigenvalue weighted by atomic mass is 9.94. The first-order chi connectivity index (χ1) is 24.8. The minimum atomic E-state index is 1.12. The second-order valence-electron chi connectivity index (χ2n) is 12.9. The van der Waals surface area contributed by atoms with E-state index >= 15 is 0 Å². The van der Waals surface area contributed by atoms with Crippen LogP contribution in [0, 0.1) is 0 Å². The largest absolute Gasteiger partial charge is 0.310 e. The predicted molar refractivity (Wildman–Crippen MR) is 217 cm³/mol. The predicted octanol–water partition coefficient (Wildman–Crippen LogP) is 14.3. The maximum Gasteiger partial charge on any atom is 0.0552 e. The zero-order chi connectivity index (χ0) is 33.0. The molecule has 234 valence electrons. The van der Waals surface area contributed by atoms with E-state index in [2.05, 4.69) is 193 Å². The average Bonchev–Trinajstić information content (AvgIpc) is 3.58. The zero-order valence-electron chi connectivity index (χ0n) is 27.3. The fourth-order valence-corrected chi connectivity index (χ4v) is 8.90. The molecule has 10 rings (SSSR count). The molecule has 0 saturated carbocycles. The Hall–Kier alpha value is -6.22. The van der Waals surface area contributed by atoms with E-state index in [0.29, 0.717) is 0 Å². The third-order valence-electron chi connectivity index (χ3n) is 10.0. The Labute approximate surface area is 294 Å². The number of nitrogens with zero attached hydrogens (tertiary/aromatic N) is 1. The number of rotatable bonds is 5. The van der Waals surface area contributed by atoms with Crippen LogP contribution in [0.3, 0.4) is 0 Å². The molecule has 10 aromatic rings. The van der Waals surface area contributed by atoms with Crippen molar-refractivity contribution in [3.8, 4) is 22.3 Å². The highest BCUT2D eigenvalue weighted by Gasteiger charge is 2.20. The second kappa shape index (κ2) is 11.7. The first-order valence-electron chi connectivity index (χ1n) is 17.1. The Bertz CT molecular complexity index is 2850. The molecule has 0 aliphatic heterocycles. The Kier molecular flexibility index (Phi) is 6.75. The van der Waals surface area contributed by atoms with Gasteiger partial charge in [0.2, 0.25) is 0 Å². The van der Waals surface area contributed by atoms with Gasteiger partial charge >= 0.3 is 0 Å². The lowest BCUT2D eigenvalue weighted by Crippen LogP contribution is -2.11.